The van der Waals surface area contributed by atoms with Gasteiger partial charge in [-0.25, -0.2) is 9.55 Å². The van der Waals surface area contributed by atoms with Crippen LogP contribution < -0.4 is 0 Å². The molecular formula is C16H19N3O3. The van der Waals surface area contributed by atoms with Gasteiger partial charge in [0, 0.05) is 6.08 Å². The highest BCUT2D eigenvalue weighted by molar-refractivity contribution is 5.67. The lowest BCUT2D eigenvalue weighted by Crippen LogP contribution is -2.07. The maximum Gasteiger partial charge on any atom is 0.343 e. The first kappa shape index (κ1) is 15.9. The van der Waals surface area contributed by atoms with E-state index in [4.69, 9.17) is 5.11 Å². The van der Waals surface area contributed by atoms with E-state index in [1.54, 1.807) is 6.08 Å². The van der Waals surface area contributed by atoms with E-state index in [0.717, 1.165) is 5.56 Å². The Bertz CT molecular complexity index is 672. The Kier molecular flexibility index (Phi) is 5.06. The van der Waals surface area contributed by atoms with Crippen molar-refractivity contribution in [3.8, 4) is 0 Å². The zero-order valence-corrected chi connectivity index (χ0v) is 12.6. The summed E-state index contributed by atoms with van der Waals surface area (Å²) in [5.74, 6) is 0.807. The summed E-state index contributed by atoms with van der Waals surface area (Å²) < 4.78 is 1.39. The minimum atomic E-state index is -0.503. The number of hydrogen-bond acceptors (Lipinski definition) is 4. The van der Waals surface area contributed by atoms with Gasteiger partial charge in [-0.05, 0) is 28.0 Å². The molecule has 1 heterocycles. The number of nitrogens with zero attached hydrogens (tertiary/aromatic N) is 3. The Morgan fingerprint density at radius 3 is 2.55 bits per heavy atom. The maximum atomic E-state index is 10.9. The highest BCUT2D eigenvalue weighted by atomic mass is 16.6. The van der Waals surface area contributed by atoms with Crippen molar-refractivity contribution in [1.29, 1.82) is 0 Å². The second kappa shape index (κ2) is 7.00. The molecule has 1 aromatic heterocycles. The fraction of sp³-hybridized carbons (Fsp3) is 0.312. The van der Waals surface area contributed by atoms with E-state index in [1.165, 1.54) is 16.3 Å². The van der Waals surface area contributed by atoms with Gasteiger partial charge in [0.2, 0.25) is 5.82 Å². The zero-order valence-electron chi connectivity index (χ0n) is 12.6. The van der Waals surface area contributed by atoms with Gasteiger partial charge in [0.15, 0.2) is 0 Å². The highest BCUT2D eigenvalue weighted by Crippen LogP contribution is 2.18. The number of aromatic nitrogens is 2. The van der Waals surface area contributed by atoms with E-state index in [-0.39, 0.29) is 19.0 Å². The Morgan fingerprint density at radius 2 is 2.00 bits per heavy atom. The minimum Gasteiger partial charge on any atom is -0.392 e. The van der Waals surface area contributed by atoms with E-state index < -0.39 is 4.92 Å². The number of nitro groups is 1. The van der Waals surface area contributed by atoms with Crippen LogP contribution in [-0.4, -0.2) is 26.2 Å². The van der Waals surface area contributed by atoms with Crippen molar-refractivity contribution in [1.82, 2.24) is 9.55 Å². The van der Waals surface area contributed by atoms with Gasteiger partial charge in [0.1, 0.15) is 12.7 Å². The molecule has 0 atom stereocenters. The molecule has 2 aromatic rings. The molecule has 6 heteroatoms. The molecule has 0 amide bonds. The summed E-state index contributed by atoms with van der Waals surface area (Å²) in [6.45, 7) is 4.23. The van der Waals surface area contributed by atoms with Gasteiger partial charge in [-0.3, -0.25) is 0 Å². The lowest BCUT2D eigenvalue weighted by molar-refractivity contribution is -0.392. The normalized spacial score (nSPS) is 11.5. The van der Waals surface area contributed by atoms with Crippen molar-refractivity contribution in [2.24, 2.45) is 0 Å². The number of aliphatic hydroxyl groups is 1. The molecule has 0 unspecified atom stereocenters. The molecule has 6 nitrogen and oxygen atoms in total. The smallest absolute Gasteiger partial charge is 0.343 e. The third kappa shape index (κ3) is 3.59. The topological polar surface area (TPSA) is 81.2 Å². The molecule has 0 aliphatic rings. The average Bonchev–Trinajstić information content (AvgIpc) is 2.89. The van der Waals surface area contributed by atoms with Gasteiger partial charge in [-0.15, -0.1) is 0 Å². The lowest BCUT2D eigenvalue weighted by Gasteiger charge is -2.04. The zero-order chi connectivity index (χ0) is 16.1. The SMILES string of the molecule is CC(C)c1ccc(C=Cc2ncc([N+](=O)[O-])n2CCO)cc1. The van der Waals surface area contributed by atoms with Gasteiger partial charge in [0.05, 0.1) is 6.61 Å². The molecule has 0 fully saturated rings. The summed E-state index contributed by atoms with van der Waals surface area (Å²) in [6, 6.07) is 8.12. The molecule has 1 aromatic carbocycles. The summed E-state index contributed by atoms with van der Waals surface area (Å²) >= 11 is 0. The van der Waals surface area contributed by atoms with Crippen LogP contribution >= 0.6 is 0 Å². The van der Waals surface area contributed by atoms with Crippen molar-refractivity contribution in [2.75, 3.05) is 6.61 Å². The average molecular weight is 301 g/mol. The summed E-state index contributed by atoms with van der Waals surface area (Å²) in [5, 5.41) is 20.0. The van der Waals surface area contributed by atoms with Crippen LogP contribution in [-0.2, 0) is 6.54 Å². The molecule has 0 saturated carbocycles. The molecule has 0 aliphatic carbocycles. The quantitative estimate of drug-likeness (QED) is 0.656. The van der Waals surface area contributed by atoms with E-state index in [0.29, 0.717) is 11.7 Å². The van der Waals surface area contributed by atoms with Crippen molar-refractivity contribution in [3.05, 3.63) is 57.5 Å². The van der Waals surface area contributed by atoms with Crippen molar-refractivity contribution >= 4 is 18.0 Å². The van der Waals surface area contributed by atoms with E-state index >= 15 is 0 Å². The van der Waals surface area contributed by atoms with Gasteiger partial charge in [-0.2, -0.15) is 0 Å². The number of aliphatic hydroxyl groups excluding tert-OH is 1. The van der Waals surface area contributed by atoms with Gasteiger partial charge in [-0.1, -0.05) is 38.1 Å². The predicted molar refractivity (Wildman–Crippen MR) is 85.4 cm³/mol. The molecule has 0 spiro atoms. The molecule has 22 heavy (non-hydrogen) atoms. The largest absolute Gasteiger partial charge is 0.392 e. The third-order valence-electron chi connectivity index (χ3n) is 3.40. The lowest BCUT2D eigenvalue weighted by atomic mass is 10.0. The highest BCUT2D eigenvalue weighted by Gasteiger charge is 2.17. The molecule has 2 rings (SSSR count). The van der Waals surface area contributed by atoms with E-state index in [9.17, 15) is 10.1 Å². The standard InChI is InChI=1S/C16H19N3O3/c1-12(2)14-6-3-13(4-7-14)5-8-15-17-11-16(19(21)22)18(15)9-10-20/h3-8,11-12,20H,9-10H2,1-2H3. The molecule has 0 aliphatic heterocycles. The first-order valence-electron chi connectivity index (χ1n) is 7.11. The van der Waals surface area contributed by atoms with Crippen LogP contribution in [0.4, 0.5) is 5.82 Å². The Morgan fingerprint density at radius 1 is 1.32 bits per heavy atom. The molecule has 0 saturated heterocycles. The minimum absolute atomic E-state index is 0.121. The number of rotatable bonds is 6. The molecule has 0 bridgehead atoms. The van der Waals surface area contributed by atoms with Gasteiger partial charge >= 0.3 is 5.82 Å². The van der Waals surface area contributed by atoms with Crippen LogP contribution in [0.2, 0.25) is 0 Å². The van der Waals surface area contributed by atoms with E-state index in [2.05, 4.69) is 31.0 Å². The van der Waals surface area contributed by atoms with Crippen LogP contribution in [0.5, 0.6) is 0 Å². The molecule has 0 radical (unpaired) electrons. The van der Waals surface area contributed by atoms with Gasteiger partial charge < -0.3 is 15.2 Å². The predicted octanol–water partition coefficient (Wildman–Crippen LogP) is 3.08. The van der Waals surface area contributed by atoms with Crippen molar-refractivity contribution in [2.45, 2.75) is 26.3 Å². The molecular weight excluding hydrogens is 282 g/mol. The number of benzene rings is 1. The second-order valence-electron chi connectivity index (χ2n) is 5.26. The maximum absolute atomic E-state index is 10.9. The molecule has 1 N–H and O–H groups in total. The van der Waals surface area contributed by atoms with Crippen molar-refractivity contribution in [3.63, 3.8) is 0 Å². The first-order valence-corrected chi connectivity index (χ1v) is 7.11. The van der Waals surface area contributed by atoms with Crippen LogP contribution in [0.15, 0.2) is 30.5 Å². The van der Waals surface area contributed by atoms with Crippen LogP contribution in [0, 0.1) is 10.1 Å². The Balaban J connectivity index is 2.24. The van der Waals surface area contributed by atoms with Gasteiger partial charge in [0.25, 0.3) is 0 Å². The van der Waals surface area contributed by atoms with Crippen LogP contribution in [0.1, 0.15) is 36.7 Å². The second-order valence-corrected chi connectivity index (χ2v) is 5.26. The fourth-order valence-corrected chi connectivity index (χ4v) is 2.15. The summed E-state index contributed by atoms with van der Waals surface area (Å²) in [4.78, 5) is 14.5. The molecule has 116 valence electrons. The first-order chi connectivity index (χ1) is 10.5. The fourth-order valence-electron chi connectivity index (χ4n) is 2.15. The Labute approximate surface area is 128 Å². The summed E-state index contributed by atoms with van der Waals surface area (Å²) in [7, 11) is 0. The summed E-state index contributed by atoms with van der Waals surface area (Å²) in [6.07, 6.45) is 4.77. The number of hydrogen-bond donors (Lipinski definition) is 1. The third-order valence-corrected chi connectivity index (χ3v) is 3.40. The van der Waals surface area contributed by atoms with E-state index in [1.807, 2.05) is 18.2 Å². The number of imidazole rings is 1. The van der Waals surface area contributed by atoms with Crippen LogP contribution in [0.3, 0.4) is 0 Å². The monoisotopic (exact) mass is 301 g/mol. The van der Waals surface area contributed by atoms with Crippen molar-refractivity contribution < 1.29 is 10.0 Å². The van der Waals surface area contributed by atoms with Crippen LogP contribution in [0.25, 0.3) is 12.2 Å². The summed E-state index contributed by atoms with van der Waals surface area (Å²) in [5.41, 5.74) is 2.25. The Hall–Kier alpha value is -2.47.